The van der Waals surface area contributed by atoms with Gasteiger partial charge in [0.1, 0.15) is 0 Å². The first-order valence-corrected chi connectivity index (χ1v) is 10.9. The third-order valence-corrected chi connectivity index (χ3v) is 6.32. The molecule has 2 amide bonds. The van der Waals surface area contributed by atoms with Gasteiger partial charge in [-0.2, -0.15) is 0 Å². The summed E-state index contributed by atoms with van der Waals surface area (Å²) in [7, 11) is -2.83. The number of benzene rings is 2. The molecule has 0 radical (unpaired) electrons. The number of carbonyl (C=O) groups is 2. The number of thiophene rings is 1. The summed E-state index contributed by atoms with van der Waals surface area (Å²) in [4.78, 5) is 25.4. The van der Waals surface area contributed by atoms with Crippen molar-refractivity contribution < 1.29 is 13.8 Å². The summed E-state index contributed by atoms with van der Waals surface area (Å²) in [6.45, 7) is 0. The topological polar surface area (TPSA) is 139 Å². The highest BCUT2D eigenvalue weighted by Crippen LogP contribution is 2.32. The van der Waals surface area contributed by atoms with Gasteiger partial charge in [0.25, 0.3) is 11.8 Å². The van der Waals surface area contributed by atoms with Crippen LogP contribution in [0.1, 0.15) is 20.0 Å². The summed E-state index contributed by atoms with van der Waals surface area (Å²) < 4.78 is 19.3. The number of nitrogens with one attached hydrogen (secondary N) is 2. The molecule has 0 aliphatic heterocycles. The van der Waals surface area contributed by atoms with E-state index in [1.807, 2.05) is 0 Å². The highest BCUT2D eigenvalue weighted by molar-refractivity contribution is 7.91. The molecule has 28 heavy (non-hydrogen) atoms. The van der Waals surface area contributed by atoms with Crippen molar-refractivity contribution in [3.63, 3.8) is 0 Å². The average molecular weight is 415 g/mol. The fourth-order valence-corrected chi connectivity index (χ4v) is 4.01. The second-order valence-electron chi connectivity index (χ2n) is 6.15. The molecule has 0 fully saturated rings. The zero-order valence-electron chi connectivity index (χ0n) is 14.9. The first-order valence-electron chi connectivity index (χ1n) is 8.10. The molecular weight excluding hydrogens is 396 g/mol. The van der Waals surface area contributed by atoms with Gasteiger partial charge in [0.2, 0.25) is 0 Å². The SMILES string of the molecule is CS(=N)(=O)c1ccc(C(=O)Nc2cc(-c3ccc(C(N)=O)s3)ccc2N)cc1. The van der Waals surface area contributed by atoms with Crippen LogP contribution in [0.4, 0.5) is 11.4 Å². The van der Waals surface area contributed by atoms with Crippen molar-refractivity contribution in [2.24, 2.45) is 5.73 Å². The van der Waals surface area contributed by atoms with Crippen molar-refractivity contribution in [1.82, 2.24) is 0 Å². The van der Waals surface area contributed by atoms with Gasteiger partial charge in [-0.25, -0.2) is 8.99 Å². The van der Waals surface area contributed by atoms with Crippen molar-refractivity contribution in [2.45, 2.75) is 4.90 Å². The Morgan fingerprint density at radius 2 is 1.75 bits per heavy atom. The zero-order chi connectivity index (χ0) is 20.5. The maximum absolute atomic E-state index is 12.5. The van der Waals surface area contributed by atoms with Crippen LogP contribution in [0.25, 0.3) is 10.4 Å². The van der Waals surface area contributed by atoms with Gasteiger partial charge in [0.05, 0.1) is 26.0 Å². The van der Waals surface area contributed by atoms with Crippen LogP contribution in [0.3, 0.4) is 0 Å². The Morgan fingerprint density at radius 1 is 1.07 bits per heavy atom. The number of hydrogen-bond acceptors (Lipinski definition) is 6. The van der Waals surface area contributed by atoms with E-state index in [0.29, 0.717) is 26.7 Å². The van der Waals surface area contributed by atoms with Crippen LogP contribution in [0.5, 0.6) is 0 Å². The van der Waals surface area contributed by atoms with Crippen LogP contribution in [0, 0.1) is 4.78 Å². The molecule has 0 aliphatic rings. The smallest absolute Gasteiger partial charge is 0.258 e. The lowest BCUT2D eigenvalue weighted by molar-refractivity contribution is 0.100. The molecule has 1 atom stereocenters. The molecule has 9 heteroatoms. The van der Waals surface area contributed by atoms with Crippen molar-refractivity contribution >= 4 is 44.3 Å². The van der Waals surface area contributed by atoms with E-state index in [-0.39, 0.29) is 5.91 Å². The van der Waals surface area contributed by atoms with Gasteiger partial charge in [-0.15, -0.1) is 11.3 Å². The molecular formula is C19H18N4O3S2. The molecule has 0 spiro atoms. The van der Waals surface area contributed by atoms with Gasteiger partial charge in [-0.3, -0.25) is 9.59 Å². The summed E-state index contributed by atoms with van der Waals surface area (Å²) in [6, 6.07) is 14.7. The standard InChI is InChI=1S/C19H18N4O3S2/c1-28(22,26)13-5-2-11(3-6-13)19(25)23-15-10-12(4-7-14(15)20)16-8-9-17(27-16)18(21)24/h2-10,22H,20H2,1H3,(H2,21,24)(H,23,25). The van der Waals surface area contributed by atoms with Gasteiger partial charge >= 0.3 is 0 Å². The highest BCUT2D eigenvalue weighted by atomic mass is 32.2. The summed E-state index contributed by atoms with van der Waals surface area (Å²) in [5, 5.41) is 2.76. The molecule has 0 saturated heterocycles. The summed E-state index contributed by atoms with van der Waals surface area (Å²) in [5.41, 5.74) is 13.2. The van der Waals surface area contributed by atoms with E-state index in [1.54, 1.807) is 30.3 Å². The number of anilines is 2. The monoisotopic (exact) mass is 414 g/mol. The Bertz CT molecular complexity index is 1170. The van der Waals surface area contributed by atoms with Crippen molar-refractivity contribution in [3.8, 4) is 10.4 Å². The van der Waals surface area contributed by atoms with Crippen LogP contribution in [0.2, 0.25) is 0 Å². The minimum absolute atomic E-state index is 0.351. The zero-order valence-corrected chi connectivity index (χ0v) is 16.5. The van der Waals surface area contributed by atoms with E-state index in [0.717, 1.165) is 10.4 Å². The molecule has 1 aromatic heterocycles. The second kappa shape index (κ2) is 7.45. The Hall–Kier alpha value is -3.17. The molecule has 0 saturated carbocycles. The molecule has 6 N–H and O–H groups in total. The van der Waals surface area contributed by atoms with Gasteiger partial charge in [-0.1, -0.05) is 6.07 Å². The fourth-order valence-electron chi connectivity index (χ4n) is 2.50. The van der Waals surface area contributed by atoms with Crippen molar-refractivity contribution in [2.75, 3.05) is 17.3 Å². The molecule has 1 unspecified atom stereocenters. The summed E-state index contributed by atoms with van der Waals surface area (Å²) in [6.07, 6.45) is 1.32. The molecule has 2 aromatic carbocycles. The number of nitrogen functional groups attached to an aromatic ring is 1. The Kier molecular flexibility index (Phi) is 5.21. The predicted molar refractivity (Wildman–Crippen MR) is 112 cm³/mol. The summed E-state index contributed by atoms with van der Waals surface area (Å²) in [5.74, 6) is -0.876. The highest BCUT2D eigenvalue weighted by Gasteiger charge is 2.12. The van der Waals surface area contributed by atoms with Crippen LogP contribution in [-0.4, -0.2) is 22.3 Å². The van der Waals surface area contributed by atoms with E-state index >= 15 is 0 Å². The number of nitrogens with two attached hydrogens (primary N) is 2. The van der Waals surface area contributed by atoms with Gasteiger partial charge in [-0.05, 0) is 54.1 Å². The fraction of sp³-hybridized carbons (Fsp3) is 0.0526. The van der Waals surface area contributed by atoms with Crippen molar-refractivity contribution in [1.29, 1.82) is 4.78 Å². The maximum Gasteiger partial charge on any atom is 0.258 e. The van der Waals surface area contributed by atoms with E-state index in [9.17, 15) is 13.8 Å². The Labute approximate surface area is 166 Å². The van der Waals surface area contributed by atoms with Gasteiger partial charge in [0, 0.05) is 21.6 Å². The second-order valence-corrected chi connectivity index (χ2v) is 9.39. The quantitative estimate of drug-likeness (QED) is 0.475. The molecule has 1 heterocycles. The number of carbonyl (C=O) groups excluding carboxylic acids is 2. The Balaban J connectivity index is 1.85. The van der Waals surface area contributed by atoms with Gasteiger partial charge in [0.15, 0.2) is 0 Å². The van der Waals surface area contributed by atoms with Crippen molar-refractivity contribution in [3.05, 3.63) is 65.0 Å². The van der Waals surface area contributed by atoms with Gasteiger partial charge < -0.3 is 16.8 Å². The van der Waals surface area contributed by atoms with E-state index in [4.69, 9.17) is 16.2 Å². The van der Waals surface area contributed by atoms with E-state index in [2.05, 4.69) is 5.32 Å². The lowest BCUT2D eigenvalue weighted by Gasteiger charge is -2.10. The third kappa shape index (κ3) is 4.21. The predicted octanol–water partition coefficient (Wildman–Crippen LogP) is 3.38. The van der Waals surface area contributed by atoms with E-state index < -0.39 is 15.6 Å². The molecule has 3 aromatic rings. The number of primary amides is 1. The molecule has 0 bridgehead atoms. The molecule has 0 aliphatic carbocycles. The number of amides is 2. The average Bonchev–Trinajstić information content (AvgIpc) is 3.13. The minimum atomic E-state index is -2.83. The third-order valence-electron chi connectivity index (χ3n) is 4.00. The first kappa shape index (κ1) is 19.6. The largest absolute Gasteiger partial charge is 0.397 e. The lowest BCUT2D eigenvalue weighted by atomic mass is 10.1. The van der Waals surface area contributed by atoms with Crippen LogP contribution in [-0.2, 0) is 9.73 Å². The molecule has 144 valence electrons. The number of rotatable bonds is 5. The van der Waals surface area contributed by atoms with Crippen LogP contribution < -0.4 is 16.8 Å². The maximum atomic E-state index is 12.5. The molecule has 3 rings (SSSR count). The van der Waals surface area contributed by atoms with Crippen LogP contribution in [0.15, 0.2) is 59.5 Å². The first-order chi connectivity index (χ1) is 13.1. The minimum Gasteiger partial charge on any atom is -0.397 e. The Morgan fingerprint density at radius 3 is 2.32 bits per heavy atom. The van der Waals surface area contributed by atoms with E-state index in [1.165, 1.54) is 41.9 Å². The summed E-state index contributed by atoms with van der Waals surface area (Å²) >= 11 is 1.25. The number of hydrogen-bond donors (Lipinski definition) is 4. The van der Waals surface area contributed by atoms with Crippen LogP contribution >= 0.6 is 11.3 Å². The molecule has 7 nitrogen and oxygen atoms in total. The normalized spacial score (nSPS) is 12.9. The lowest BCUT2D eigenvalue weighted by Crippen LogP contribution is -2.13.